The predicted molar refractivity (Wildman–Crippen MR) is 61.1 cm³/mol. The Kier molecular flexibility index (Phi) is 5.19. The zero-order valence-electron chi connectivity index (χ0n) is 9.12. The molecule has 0 bridgehead atoms. The van der Waals surface area contributed by atoms with E-state index in [1.165, 1.54) is 12.1 Å². The van der Waals surface area contributed by atoms with Gasteiger partial charge in [-0.15, -0.1) is 11.6 Å². The molecular weight excluding hydrogens is 231 g/mol. The third kappa shape index (κ3) is 3.45. The minimum absolute atomic E-state index is 0.187. The highest BCUT2D eigenvalue weighted by Crippen LogP contribution is 2.04. The van der Waals surface area contributed by atoms with Crippen LogP contribution in [0.3, 0.4) is 0 Å². The number of pyridine rings is 1. The molecule has 16 heavy (non-hydrogen) atoms. The average molecular weight is 245 g/mol. The minimum atomic E-state index is -0.444. The summed E-state index contributed by atoms with van der Waals surface area (Å²) in [6, 6.07) is 2.62. The van der Waals surface area contributed by atoms with E-state index in [9.17, 15) is 9.18 Å². The van der Waals surface area contributed by atoms with Gasteiger partial charge in [-0.2, -0.15) is 0 Å². The Morgan fingerprint density at radius 3 is 2.81 bits per heavy atom. The maximum absolute atomic E-state index is 12.6. The zero-order valence-corrected chi connectivity index (χ0v) is 9.88. The van der Waals surface area contributed by atoms with Crippen molar-refractivity contribution in [3.05, 3.63) is 29.8 Å². The summed E-state index contributed by atoms with van der Waals surface area (Å²) in [6.45, 7) is 3.07. The van der Waals surface area contributed by atoms with Crippen LogP contribution < -0.4 is 0 Å². The van der Waals surface area contributed by atoms with Gasteiger partial charge in [0.2, 0.25) is 0 Å². The number of hydrogen-bond acceptors (Lipinski definition) is 2. The summed E-state index contributed by atoms with van der Waals surface area (Å²) in [6.07, 6.45) is 1.78. The molecule has 1 aromatic heterocycles. The summed E-state index contributed by atoms with van der Waals surface area (Å²) in [5.41, 5.74) is 0.262. The van der Waals surface area contributed by atoms with Gasteiger partial charge in [0.15, 0.2) is 0 Å². The molecule has 0 N–H and O–H groups in total. The van der Waals surface area contributed by atoms with Crippen LogP contribution in [0, 0.1) is 5.82 Å². The Hall–Kier alpha value is -1.16. The topological polar surface area (TPSA) is 33.2 Å². The number of nitrogens with zero attached hydrogens (tertiary/aromatic N) is 2. The van der Waals surface area contributed by atoms with E-state index in [4.69, 9.17) is 11.6 Å². The van der Waals surface area contributed by atoms with Gasteiger partial charge in [0, 0.05) is 19.0 Å². The Balaban J connectivity index is 2.70. The van der Waals surface area contributed by atoms with Crippen molar-refractivity contribution in [3.63, 3.8) is 0 Å². The molecule has 1 heterocycles. The number of alkyl halides is 1. The molecule has 0 fully saturated rings. The van der Waals surface area contributed by atoms with Crippen molar-refractivity contribution in [1.82, 2.24) is 9.88 Å². The van der Waals surface area contributed by atoms with Crippen LogP contribution in [0.25, 0.3) is 0 Å². The lowest BCUT2D eigenvalue weighted by Crippen LogP contribution is -2.32. The molecular formula is C11H14ClFN2O. The molecule has 0 radical (unpaired) electrons. The van der Waals surface area contributed by atoms with Gasteiger partial charge in [0.1, 0.15) is 11.5 Å². The Bertz CT molecular complexity index is 342. The molecule has 1 amide bonds. The number of hydrogen-bond donors (Lipinski definition) is 0. The lowest BCUT2D eigenvalue weighted by Gasteiger charge is -2.19. The van der Waals surface area contributed by atoms with E-state index >= 15 is 0 Å². The predicted octanol–water partition coefficient (Wildman–Crippen LogP) is 2.31. The van der Waals surface area contributed by atoms with Crippen molar-refractivity contribution in [2.75, 3.05) is 19.0 Å². The molecule has 0 aromatic carbocycles. The van der Waals surface area contributed by atoms with E-state index in [2.05, 4.69) is 4.98 Å². The van der Waals surface area contributed by atoms with Crippen LogP contribution in [0.15, 0.2) is 18.3 Å². The van der Waals surface area contributed by atoms with Crippen molar-refractivity contribution in [2.24, 2.45) is 0 Å². The van der Waals surface area contributed by atoms with E-state index in [0.29, 0.717) is 19.0 Å². The van der Waals surface area contributed by atoms with Gasteiger partial charge >= 0.3 is 0 Å². The average Bonchev–Trinajstić information content (AvgIpc) is 2.30. The monoisotopic (exact) mass is 244 g/mol. The Morgan fingerprint density at radius 1 is 1.56 bits per heavy atom. The fraction of sp³-hybridized carbons (Fsp3) is 0.455. The molecule has 0 aliphatic heterocycles. The van der Waals surface area contributed by atoms with Crippen LogP contribution in [0.5, 0.6) is 0 Å². The SMILES string of the molecule is CCN(CCCCl)C(=O)c1ccc(F)cn1. The molecule has 88 valence electrons. The highest BCUT2D eigenvalue weighted by Gasteiger charge is 2.14. The van der Waals surface area contributed by atoms with E-state index in [-0.39, 0.29) is 11.6 Å². The van der Waals surface area contributed by atoms with E-state index in [1.807, 2.05) is 6.92 Å². The summed E-state index contributed by atoms with van der Waals surface area (Å²) in [5.74, 6) is -0.117. The van der Waals surface area contributed by atoms with E-state index < -0.39 is 5.82 Å². The van der Waals surface area contributed by atoms with Crippen molar-refractivity contribution >= 4 is 17.5 Å². The lowest BCUT2D eigenvalue weighted by atomic mass is 10.3. The summed E-state index contributed by atoms with van der Waals surface area (Å²) in [5, 5.41) is 0. The van der Waals surface area contributed by atoms with Gasteiger partial charge in [0.05, 0.1) is 6.20 Å². The molecule has 1 rings (SSSR count). The smallest absolute Gasteiger partial charge is 0.272 e. The van der Waals surface area contributed by atoms with Gasteiger partial charge in [-0.05, 0) is 25.5 Å². The van der Waals surface area contributed by atoms with Crippen molar-refractivity contribution in [2.45, 2.75) is 13.3 Å². The summed E-state index contributed by atoms with van der Waals surface area (Å²) >= 11 is 5.57. The molecule has 1 aromatic rings. The largest absolute Gasteiger partial charge is 0.338 e. The number of amides is 1. The quantitative estimate of drug-likeness (QED) is 0.745. The highest BCUT2D eigenvalue weighted by atomic mass is 35.5. The van der Waals surface area contributed by atoms with Crippen molar-refractivity contribution < 1.29 is 9.18 Å². The maximum Gasteiger partial charge on any atom is 0.272 e. The first-order chi connectivity index (χ1) is 7.69. The van der Waals surface area contributed by atoms with Crippen LogP contribution in [-0.4, -0.2) is 34.8 Å². The number of rotatable bonds is 5. The molecule has 5 heteroatoms. The van der Waals surface area contributed by atoms with Crippen molar-refractivity contribution in [1.29, 1.82) is 0 Å². The second-order valence-corrected chi connectivity index (χ2v) is 3.67. The fourth-order valence-corrected chi connectivity index (χ4v) is 1.44. The lowest BCUT2D eigenvalue weighted by molar-refractivity contribution is 0.0759. The second kappa shape index (κ2) is 6.43. The second-order valence-electron chi connectivity index (χ2n) is 3.29. The van der Waals surface area contributed by atoms with Gasteiger partial charge in [0.25, 0.3) is 5.91 Å². The molecule has 0 unspecified atom stereocenters. The molecule has 0 aliphatic rings. The molecule has 0 saturated carbocycles. The number of carbonyl (C=O) groups is 1. The standard InChI is InChI=1S/C11H14ClFN2O/c1-2-15(7-3-6-12)11(16)10-5-4-9(13)8-14-10/h4-5,8H,2-3,6-7H2,1H3. The maximum atomic E-state index is 12.6. The first kappa shape index (κ1) is 12.9. The van der Waals surface area contributed by atoms with Crippen LogP contribution >= 0.6 is 11.6 Å². The third-order valence-electron chi connectivity index (χ3n) is 2.18. The molecule has 0 spiro atoms. The zero-order chi connectivity index (χ0) is 12.0. The summed E-state index contributed by atoms with van der Waals surface area (Å²) in [7, 11) is 0. The molecule has 0 atom stereocenters. The van der Waals surface area contributed by atoms with Gasteiger partial charge in [-0.25, -0.2) is 9.37 Å². The molecule has 0 saturated heterocycles. The third-order valence-corrected chi connectivity index (χ3v) is 2.44. The van der Waals surface area contributed by atoms with Crippen molar-refractivity contribution in [3.8, 4) is 0 Å². The van der Waals surface area contributed by atoms with E-state index in [1.54, 1.807) is 4.90 Å². The number of aromatic nitrogens is 1. The van der Waals surface area contributed by atoms with Crippen LogP contribution in [-0.2, 0) is 0 Å². The summed E-state index contributed by atoms with van der Waals surface area (Å²) in [4.78, 5) is 17.3. The van der Waals surface area contributed by atoms with Crippen LogP contribution in [0.2, 0.25) is 0 Å². The minimum Gasteiger partial charge on any atom is -0.338 e. The van der Waals surface area contributed by atoms with Crippen LogP contribution in [0.1, 0.15) is 23.8 Å². The molecule has 0 aliphatic carbocycles. The first-order valence-corrected chi connectivity index (χ1v) is 5.69. The Labute approximate surface area is 99.2 Å². The number of carbonyl (C=O) groups excluding carboxylic acids is 1. The molecule has 3 nitrogen and oxygen atoms in total. The first-order valence-electron chi connectivity index (χ1n) is 5.15. The Morgan fingerprint density at radius 2 is 2.31 bits per heavy atom. The van der Waals surface area contributed by atoms with E-state index in [0.717, 1.165) is 12.6 Å². The van der Waals surface area contributed by atoms with Gasteiger partial charge in [-0.1, -0.05) is 0 Å². The van der Waals surface area contributed by atoms with Crippen LogP contribution in [0.4, 0.5) is 4.39 Å². The summed E-state index contributed by atoms with van der Waals surface area (Å²) < 4.78 is 12.6. The highest BCUT2D eigenvalue weighted by molar-refractivity contribution is 6.17. The number of halogens is 2. The fourth-order valence-electron chi connectivity index (χ4n) is 1.32. The van der Waals surface area contributed by atoms with Gasteiger partial charge in [-0.3, -0.25) is 4.79 Å². The normalized spacial score (nSPS) is 10.2. The van der Waals surface area contributed by atoms with Gasteiger partial charge < -0.3 is 4.90 Å².